The molecule has 0 spiro atoms. The molecule has 0 saturated carbocycles. The van der Waals surface area contributed by atoms with Crippen molar-refractivity contribution < 1.29 is 24.3 Å². The maximum atomic E-state index is 11.5. The fraction of sp³-hybridized carbons (Fsp3) is 0.600. The zero-order valence-electron chi connectivity index (χ0n) is 11.7. The Labute approximate surface area is 119 Å². The fourth-order valence-corrected chi connectivity index (χ4v) is 1.60. The molecule has 0 aliphatic rings. The standard InChI is InChI=1S/C15H22O5/c1-2-3-12(17)4-5-13(18)6-7-14(19)8-9-15(20)10-11-16/h2,16H,1,3-11H2. The van der Waals surface area contributed by atoms with Crippen molar-refractivity contribution in [3.05, 3.63) is 12.7 Å². The predicted molar refractivity (Wildman–Crippen MR) is 74.2 cm³/mol. The smallest absolute Gasteiger partial charge is 0.137 e. The minimum Gasteiger partial charge on any atom is -0.396 e. The molecular weight excluding hydrogens is 260 g/mol. The third kappa shape index (κ3) is 10.3. The Morgan fingerprint density at radius 1 is 0.700 bits per heavy atom. The fourth-order valence-electron chi connectivity index (χ4n) is 1.60. The molecule has 0 unspecified atom stereocenters. The number of aliphatic hydroxyl groups excluding tert-OH is 1. The second-order valence-electron chi connectivity index (χ2n) is 4.62. The van der Waals surface area contributed by atoms with Crippen molar-refractivity contribution in [1.82, 2.24) is 0 Å². The molecule has 5 nitrogen and oxygen atoms in total. The van der Waals surface area contributed by atoms with Crippen LogP contribution in [0.25, 0.3) is 0 Å². The SMILES string of the molecule is C=CCC(=O)CCC(=O)CCC(=O)CCC(=O)CCO. The second kappa shape index (κ2) is 11.2. The van der Waals surface area contributed by atoms with Gasteiger partial charge >= 0.3 is 0 Å². The quantitative estimate of drug-likeness (QED) is 0.518. The summed E-state index contributed by atoms with van der Waals surface area (Å²) >= 11 is 0. The van der Waals surface area contributed by atoms with Crippen LogP contribution in [-0.2, 0) is 19.2 Å². The van der Waals surface area contributed by atoms with Gasteiger partial charge in [-0.2, -0.15) is 0 Å². The van der Waals surface area contributed by atoms with Crippen LogP contribution < -0.4 is 0 Å². The maximum Gasteiger partial charge on any atom is 0.137 e. The molecule has 0 bridgehead atoms. The van der Waals surface area contributed by atoms with Crippen molar-refractivity contribution in [3.63, 3.8) is 0 Å². The van der Waals surface area contributed by atoms with Crippen molar-refractivity contribution in [2.75, 3.05) is 6.61 Å². The van der Waals surface area contributed by atoms with Crippen molar-refractivity contribution in [2.24, 2.45) is 0 Å². The summed E-state index contributed by atoms with van der Waals surface area (Å²) in [5, 5.41) is 8.54. The van der Waals surface area contributed by atoms with Gasteiger partial charge in [-0.05, 0) is 0 Å². The highest BCUT2D eigenvalue weighted by Crippen LogP contribution is 2.05. The van der Waals surface area contributed by atoms with Gasteiger partial charge in [-0.15, -0.1) is 6.58 Å². The van der Waals surface area contributed by atoms with Crippen LogP contribution >= 0.6 is 0 Å². The van der Waals surface area contributed by atoms with Crippen LogP contribution in [0.15, 0.2) is 12.7 Å². The molecule has 112 valence electrons. The number of carbonyl (C=O) groups excluding carboxylic acids is 4. The van der Waals surface area contributed by atoms with Gasteiger partial charge < -0.3 is 5.11 Å². The lowest BCUT2D eigenvalue weighted by Crippen LogP contribution is -2.09. The molecule has 0 aromatic heterocycles. The van der Waals surface area contributed by atoms with Gasteiger partial charge in [0, 0.05) is 58.0 Å². The minimum atomic E-state index is -0.204. The first-order valence-electron chi connectivity index (χ1n) is 6.78. The molecule has 0 aliphatic heterocycles. The van der Waals surface area contributed by atoms with E-state index in [0.29, 0.717) is 0 Å². The van der Waals surface area contributed by atoms with Crippen molar-refractivity contribution in [2.45, 2.75) is 51.4 Å². The number of aliphatic hydroxyl groups is 1. The summed E-state index contributed by atoms with van der Waals surface area (Å²) in [6.07, 6.45) is 2.64. The summed E-state index contributed by atoms with van der Waals surface area (Å²) in [6.45, 7) is 3.24. The van der Waals surface area contributed by atoms with Crippen molar-refractivity contribution in [3.8, 4) is 0 Å². The van der Waals surface area contributed by atoms with E-state index in [1.165, 1.54) is 6.08 Å². The molecule has 0 aliphatic carbocycles. The maximum absolute atomic E-state index is 11.5. The first kappa shape index (κ1) is 18.4. The third-order valence-electron chi connectivity index (χ3n) is 2.81. The van der Waals surface area contributed by atoms with E-state index in [1.807, 2.05) is 0 Å². The molecule has 0 atom stereocenters. The van der Waals surface area contributed by atoms with Gasteiger partial charge in [0.05, 0.1) is 0 Å². The lowest BCUT2D eigenvalue weighted by atomic mass is 10.0. The monoisotopic (exact) mass is 282 g/mol. The molecule has 0 heterocycles. The van der Waals surface area contributed by atoms with Crippen LogP contribution in [-0.4, -0.2) is 34.8 Å². The Morgan fingerprint density at radius 3 is 1.40 bits per heavy atom. The molecular formula is C15H22O5. The summed E-state index contributed by atoms with van der Waals surface area (Å²) in [5.41, 5.74) is 0. The molecule has 1 N–H and O–H groups in total. The Bertz CT molecular complexity index is 370. The highest BCUT2D eigenvalue weighted by Gasteiger charge is 2.10. The van der Waals surface area contributed by atoms with Crippen molar-refractivity contribution >= 4 is 23.1 Å². The molecule has 0 aromatic carbocycles. The molecule has 0 radical (unpaired) electrons. The number of hydrogen-bond acceptors (Lipinski definition) is 5. The number of Topliss-reactive ketones (excluding diaryl/α,β-unsaturated/α-hetero) is 4. The average molecular weight is 282 g/mol. The van der Waals surface area contributed by atoms with Gasteiger partial charge in [0.1, 0.15) is 23.1 Å². The topological polar surface area (TPSA) is 88.5 Å². The average Bonchev–Trinajstić information content (AvgIpc) is 2.41. The first-order chi connectivity index (χ1) is 9.49. The third-order valence-corrected chi connectivity index (χ3v) is 2.81. The normalized spacial score (nSPS) is 10.1. The summed E-state index contributed by atoms with van der Waals surface area (Å²) in [7, 11) is 0. The first-order valence-corrected chi connectivity index (χ1v) is 6.78. The lowest BCUT2D eigenvalue weighted by molar-refractivity contribution is -0.127. The molecule has 0 fully saturated rings. The van der Waals surface area contributed by atoms with E-state index in [0.717, 1.165) is 0 Å². The zero-order chi connectivity index (χ0) is 15.4. The number of carbonyl (C=O) groups is 4. The van der Waals surface area contributed by atoms with Crippen molar-refractivity contribution in [1.29, 1.82) is 0 Å². The lowest BCUT2D eigenvalue weighted by Gasteiger charge is -2.01. The summed E-state index contributed by atoms with van der Waals surface area (Å²) in [5.74, 6) is -0.434. The molecule has 5 heteroatoms. The van der Waals surface area contributed by atoms with Gasteiger partial charge in [-0.25, -0.2) is 0 Å². The molecule has 0 rings (SSSR count). The predicted octanol–water partition coefficient (Wildman–Crippen LogP) is 1.56. The highest BCUT2D eigenvalue weighted by atomic mass is 16.3. The number of hydrogen-bond donors (Lipinski definition) is 1. The second-order valence-corrected chi connectivity index (χ2v) is 4.62. The van der Waals surface area contributed by atoms with E-state index in [1.54, 1.807) is 0 Å². The zero-order valence-corrected chi connectivity index (χ0v) is 11.7. The molecule has 20 heavy (non-hydrogen) atoms. The van der Waals surface area contributed by atoms with Gasteiger partial charge in [0.2, 0.25) is 0 Å². The number of ketones is 4. The van der Waals surface area contributed by atoms with Gasteiger partial charge in [-0.1, -0.05) is 6.08 Å². The summed E-state index contributed by atoms with van der Waals surface area (Å²) < 4.78 is 0. The van der Waals surface area contributed by atoms with E-state index in [-0.39, 0.29) is 81.1 Å². The number of allylic oxidation sites excluding steroid dienone is 1. The Balaban J connectivity index is 3.73. The molecule has 0 saturated heterocycles. The highest BCUT2D eigenvalue weighted by molar-refractivity contribution is 5.90. The Hall–Kier alpha value is -1.62. The van der Waals surface area contributed by atoms with Crippen LogP contribution in [0.5, 0.6) is 0 Å². The van der Waals surface area contributed by atoms with E-state index in [2.05, 4.69) is 6.58 Å². The van der Waals surface area contributed by atoms with E-state index < -0.39 is 0 Å². The van der Waals surface area contributed by atoms with Crippen LogP contribution in [0.2, 0.25) is 0 Å². The minimum absolute atomic E-state index is 0.0331. The Morgan fingerprint density at radius 2 is 1.05 bits per heavy atom. The largest absolute Gasteiger partial charge is 0.396 e. The number of rotatable bonds is 13. The summed E-state index contributed by atoms with van der Waals surface area (Å²) in [4.78, 5) is 45.2. The van der Waals surface area contributed by atoms with Gasteiger partial charge in [-0.3, -0.25) is 19.2 Å². The van der Waals surface area contributed by atoms with E-state index in [4.69, 9.17) is 5.11 Å². The van der Waals surface area contributed by atoms with E-state index >= 15 is 0 Å². The van der Waals surface area contributed by atoms with E-state index in [9.17, 15) is 19.2 Å². The van der Waals surface area contributed by atoms with Gasteiger partial charge in [0.25, 0.3) is 0 Å². The molecule has 0 amide bonds. The van der Waals surface area contributed by atoms with Crippen LogP contribution in [0, 0.1) is 0 Å². The Kier molecular flexibility index (Phi) is 10.3. The van der Waals surface area contributed by atoms with Crippen LogP contribution in [0.4, 0.5) is 0 Å². The van der Waals surface area contributed by atoms with Gasteiger partial charge in [0.15, 0.2) is 0 Å². The molecule has 0 aromatic rings. The summed E-state index contributed by atoms with van der Waals surface area (Å²) in [6, 6.07) is 0. The van der Waals surface area contributed by atoms with Crippen LogP contribution in [0.3, 0.4) is 0 Å². The van der Waals surface area contributed by atoms with Crippen LogP contribution in [0.1, 0.15) is 51.4 Å².